The van der Waals surface area contributed by atoms with Crippen LogP contribution in [0.5, 0.6) is 0 Å². The van der Waals surface area contributed by atoms with E-state index < -0.39 is 0 Å². The fourth-order valence-electron chi connectivity index (χ4n) is 8.93. The first kappa shape index (κ1) is 45.3. The van der Waals surface area contributed by atoms with Gasteiger partial charge >= 0.3 is 0 Å². The maximum absolute atomic E-state index is 4.44. The van der Waals surface area contributed by atoms with Crippen molar-refractivity contribution in [1.82, 2.24) is 29.9 Å². The molecule has 340 valence electrons. The van der Waals surface area contributed by atoms with E-state index in [0.29, 0.717) is 0 Å². The number of benzene rings is 4. The minimum Gasteiger partial charge on any atom is -0.260 e. The Morgan fingerprint density at radius 1 is 0.286 bits per heavy atom. The molecule has 0 aliphatic rings. The van der Waals surface area contributed by atoms with Gasteiger partial charge in [-0.1, -0.05) is 48.5 Å². The first-order valence-electron chi connectivity index (χ1n) is 22.8. The highest BCUT2D eigenvalue weighted by Gasteiger charge is 2.10. The van der Waals surface area contributed by atoms with Gasteiger partial charge in [0.15, 0.2) is 0 Å². The van der Waals surface area contributed by atoms with Crippen LogP contribution < -0.4 is 0 Å². The molecule has 0 bridgehead atoms. The van der Waals surface area contributed by atoms with Crippen molar-refractivity contribution >= 4 is 158 Å². The summed E-state index contributed by atoms with van der Waals surface area (Å²) in [5.74, 6) is 0. The summed E-state index contributed by atoms with van der Waals surface area (Å²) in [4.78, 5) is 29.7. The second kappa shape index (κ2) is 19.7. The highest BCUT2D eigenvalue weighted by atomic mass is 32.1. The van der Waals surface area contributed by atoms with Crippen LogP contribution in [0.2, 0.25) is 0 Å². The van der Waals surface area contributed by atoms with Crippen molar-refractivity contribution in [3.63, 3.8) is 0 Å². The SMILES string of the molecule is Cc1cc2c(cn1)sc1cccnc12.Cc1cccc2sc3cccnc3c12.Cc1cccc2sc3ncccc3c12.Cc1cccc2sc3ncccc3c12.Cc1cccc2sc3ncccc3c12. The molecule has 0 aliphatic carbocycles. The maximum atomic E-state index is 4.44. The first-order valence-corrected chi connectivity index (χ1v) is 26.9. The number of nitrogens with zero attached hydrogens (tertiary/aromatic N) is 6. The van der Waals surface area contributed by atoms with E-state index in [-0.39, 0.29) is 0 Å². The lowest BCUT2D eigenvalue weighted by Gasteiger charge is -1.94. The van der Waals surface area contributed by atoms with Gasteiger partial charge in [-0.15, -0.1) is 56.7 Å². The van der Waals surface area contributed by atoms with Crippen LogP contribution >= 0.6 is 56.7 Å². The van der Waals surface area contributed by atoms with Crippen molar-refractivity contribution in [3.8, 4) is 0 Å². The average molecular weight is 997 g/mol. The van der Waals surface area contributed by atoms with Crippen molar-refractivity contribution in [3.05, 3.63) is 205 Å². The summed E-state index contributed by atoms with van der Waals surface area (Å²) in [5, 5.41) is 10.5. The van der Waals surface area contributed by atoms with Crippen LogP contribution in [0, 0.1) is 34.6 Å². The number of fused-ring (bicyclic) bond motifs is 15. The molecule has 0 unspecified atom stereocenters. The number of rotatable bonds is 0. The largest absolute Gasteiger partial charge is 0.260 e. The third-order valence-corrected chi connectivity index (χ3v) is 17.6. The zero-order valence-corrected chi connectivity index (χ0v) is 43.1. The Hall–Kier alpha value is -7.12. The predicted octanol–water partition coefficient (Wildman–Crippen LogP) is 18.2. The fraction of sp³-hybridized carbons (Fsp3) is 0.0847. The second-order valence-corrected chi connectivity index (χ2v) is 22.2. The molecule has 0 aliphatic heterocycles. The number of aromatic nitrogens is 6. The Labute approximate surface area is 424 Å². The van der Waals surface area contributed by atoms with Crippen molar-refractivity contribution in [2.45, 2.75) is 34.6 Å². The summed E-state index contributed by atoms with van der Waals surface area (Å²) >= 11 is 8.85. The van der Waals surface area contributed by atoms with Crippen LogP contribution in [-0.2, 0) is 0 Å². The minimum absolute atomic E-state index is 1.04. The smallest absolute Gasteiger partial charge is 0.124 e. The predicted molar refractivity (Wildman–Crippen MR) is 307 cm³/mol. The summed E-state index contributed by atoms with van der Waals surface area (Å²) in [7, 11) is 0. The van der Waals surface area contributed by atoms with Crippen LogP contribution in [0.25, 0.3) is 102 Å². The van der Waals surface area contributed by atoms with Crippen molar-refractivity contribution in [2.24, 2.45) is 0 Å². The van der Waals surface area contributed by atoms with E-state index in [1.165, 1.54) is 98.2 Å². The summed E-state index contributed by atoms with van der Waals surface area (Å²) in [6.07, 6.45) is 11.2. The van der Waals surface area contributed by atoms with Crippen molar-refractivity contribution < 1.29 is 0 Å². The first-order chi connectivity index (χ1) is 34.3. The van der Waals surface area contributed by atoms with E-state index in [0.717, 1.165) is 31.2 Å². The van der Waals surface area contributed by atoms with E-state index in [4.69, 9.17) is 0 Å². The molecule has 11 heterocycles. The molecule has 0 saturated heterocycles. The molecule has 0 N–H and O–H groups in total. The topological polar surface area (TPSA) is 77.3 Å². The van der Waals surface area contributed by atoms with E-state index >= 15 is 0 Å². The van der Waals surface area contributed by atoms with Gasteiger partial charge in [0.2, 0.25) is 0 Å². The summed E-state index contributed by atoms with van der Waals surface area (Å²) in [6, 6.07) is 48.4. The molecule has 15 aromatic rings. The van der Waals surface area contributed by atoms with Crippen LogP contribution in [0.4, 0.5) is 0 Å². The molecular formula is C59H44N6S5. The second-order valence-electron chi connectivity index (χ2n) is 16.9. The Bertz CT molecular complexity index is 3900. The third-order valence-electron chi connectivity index (χ3n) is 12.2. The van der Waals surface area contributed by atoms with Gasteiger partial charge < -0.3 is 0 Å². The Morgan fingerprint density at radius 2 is 0.643 bits per heavy atom. The number of hydrogen-bond acceptors (Lipinski definition) is 11. The van der Waals surface area contributed by atoms with E-state index in [1.54, 1.807) is 45.3 Å². The average Bonchev–Trinajstić information content (AvgIpc) is 4.21. The summed E-state index contributed by atoms with van der Waals surface area (Å²) in [5.41, 5.74) is 8.60. The molecule has 11 heteroatoms. The molecule has 0 spiro atoms. The van der Waals surface area contributed by atoms with E-state index in [9.17, 15) is 0 Å². The Morgan fingerprint density at radius 3 is 1.11 bits per heavy atom. The molecule has 0 radical (unpaired) electrons. The molecule has 6 nitrogen and oxygen atoms in total. The van der Waals surface area contributed by atoms with Crippen molar-refractivity contribution in [2.75, 3.05) is 0 Å². The van der Waals surface area contributed by atoms with Crippen LogP contribution in [0.1, 0.15) is 27.9 Å². The maximum Gasteiger partial charge on any atom is 0.124 e. The van der Waals surface area contributed by atoms with Gasteiger partial charge in [0.1, 0.15) is 14.5 Å². The number of thiophene rings is 5. The monoisotopic (exact) mass is 996 g/mol. The summed E-state index contributed by atoms with van der Waals surface area (Å²) < 4.78 is 9.05. The van der Waals surface area contributed by atoms with Crippen LogP contribution in [0.3, 0.4) is 0 Å². The lowest BCUT2D eigenvalue weighted by atomic mass is 10.1. The zero-order chi connectivity index (χ0) is 47.7. The number of aryl methyl sites for hydroxylation is 5. The van der Waals surface area contributed by atoms with Gasteiger partial charge in [-0.25, -0.2) is 15.0 Å². The minimum atomic E-state index is 1.04. The van der Waals surface area contributed by atoms with E-state index in [2.05, 4.69) is 167 Å². The van der Waals surface area contributed by atoms with Crippen LogP contribution in [-0.4, -0.2) is 29.9 Å². The van der Waals surface area contributed by atoms with Crippen LogP contribution in [0.15, 0.2) is 177 Å². The third kappa shape index (κ3) is 8.87. The number of pyridine rings is 6. The highest BCUT2D eigenvalue weighted by molar-refractivity contribution is 7.27. The molecule has 70 heavy (non-hydrogen) atoms. The molecule has 4 aromatic carbocycles. The lowest BCUT2D eigenvalue weighted by Crippen LogP contribution is -1.78. The van der Waals surface area contributed by atoms with E-state index in [1.807, 2.05) is 85.8 Å². The molecule has 0 amide bonds. The molecular weight excluding hydrogens is 953 g/mol. The Kier molecular flexibility index (Phi) is 12.8. The van der Waals surface area contributed by atoms with Gasteiger partial charge in [-0.3, -0.25) is 15.0 Å². The van der Waals surface area contributed by atoms with Gasteiger partial charge in [0.25, 0.3) is 0 Å². The van der Waals surface area contributed by atoms with Gasteiger partial charge in [0, 0.05) is 105 Å². The van der Waals surface area contributed by atoms with Crippen molar-refractivity contribution in [1.29, 1.82) is 0 Å². The van der Waals surface area contributed by atoms with Gasteiger partial charge in [-0.05, 0) is 148 Å². The quantitative estimate of drug-likeness (QED) is 0.151. The van der Waals surface area contributed by atoms with Gasteiger partial charge in [0.05, 0.1) is 25.1 Å². The molecule has 0 atom stereocenters. The normalized spacial score (nSPS) is 11.2. The molecule has 11 aromatic heterocycles. The zero-order valence-electron chi connectivity index (χ0n) is 39.0. The fourth-order valence-corrected chi connectivity index (χ4v) is 14.4. The molecule has 15 rings (SSSR count). The standard InChI is InChI=1S/4C12H9NS.C11H8N2S/c3*1-8-4-2-6-10-11(8)9-5-3-7-13-12(9)14-10;1-8-4-2-5-9-11(8)12-10(14-9)6-3-7-13-12;1-7-5-8-10(6-13-7)14-9-3-2-4-12-11(8)9/h4*2-7H,1H3;2-6H,1H3. The Balaban J connectivity index is 0.0000000952. The lowest BCUT2D eigenvalue weighted by molar-refractivity contribution is 1.23. The van der Waals surface area contributed by atoms with Gasteiger partial charge in [-0.2, -0.15) is 0 Å². The molecule has 0 fully saturated rings. The summed E-state index contributed by atoms with van der Waals surface area (Å²) in [6.45, 7) is 10.6. The number of hydrogen-bond donors (Lipinski definition) is 0. The molecule has 0 saturated carbocycles. The highest BCUT2D eigenvalue weighted by Crippen LogP contribution is 2.37.